The fourth-order valence-corrected chi connectivity index (χ4v) is 3.57. The molecule has 0 saturated carbocycles. The highest BCUT2D eigenvalue weighted by Gasteiger charge is 2.16. The number of aromatic nitrogens is 2. The Balaban J connectivity index is 1.25. The maximum Gasteiger partial charge on any atom is 0.280 e. The second-order valence-corrected chi connectivity index (χ2v) is 7.48. The largest absolute Gasteiger partial charge is 0.456 e. The SMILES string of the molecule is O=C(/C=C/c1ccc(-c2ccccc2[N+](=O)[O-])o1)Nc1ccc(-c2nc3ccccc3[nH]2)cc1. The molecule has 0 saturated heterocycles. The first-order chi connectivity index (χ1) is 16.6. The molecule has 0 aliphatic heterocycles. The minimum absolute atomic E-state index is 0.0452. The van der Waals surface area contributed by atoms with E-state index in [4.69, 9.17) is 4.42 Å². The lowest BCUT2D eigenvalue weighted by Crippen LogP contribution is -2.07. The van der Waals surface area contributed by atoms with Gasteiger partial charge in [-0.15, -0.1) is 0 Å². The first-order valence-corrected chi connectivity index (χ1v) is 10.4. The average Bonchev–Trinajstić information content (AvgIpc) is 3.50. The van der Waals surface area contributed by atoms with Crippen LogP contribution in [0.15, 0.2) is 95.4 Å². The van der Waals surface area contributed by atoms with Gasteiger partial charge in [-0.1, -0.05) is 24.3 Å². The molecular weight excluding hydrogens is 432 g/mol. The van der Waals surface area contributed by atoms with E-state index in [9.17, 15) is 14.9 Å². The van der Waals surface area contributed by atoms with Crippen LogP contribution in [0, 0.1) is 10.1 Å². The molecule has 2 aromatic heterocycles. The highest BCUT2D eigenvalue weighted by molar-refractivity contribution is 6.01. The molecule has 3 aromatic carbocycles. The zero-order valence-corrected chi connectivity index (χ0v) is 17.8. The van der Waals surface area contributed by atoms with Crippen molar-refractivity contribution in [2.75, 3.05) is 5.32 Å². The Morgan fingerprint density at radius 2 is 1.74 bits per heavy atom. The molecule has 0 fully saturated rings. The summed E-state index contributed by atoms with van der Waals surface area (Å²) in [5.74, 6) is 1.18. The third kappa shape index (κ3) is 4.33. The predicted octanol–water partition coefficient (Wildman–Crippen LogP) is 6.05. The Labute approximate surface area is 193 Å². The zero-order chi connectivity index (χ0) is 23.5. The van der Waals surface area contributed by atoms with Crippen LogP contribution >= 0.6 is 0 Å². The highest BCUT2D eigenvalue weighted by atomic mass is 16.6. The highest BCUT2D eigenvalue weighted by Crippen LogP contribution is 2.31. The second kappa shape index (κ2) is 8.87. The number of carbonyl (C=O) groups excluding carboxylic acids is 1. The van der Waals surface area contributed by atoms with Gasteiger partial charge in [-0.05, 0) is 60.7 Å². The van der Waals surface area contributed by atoms with Crippen molar-refractivity contribution in [3.8, 4) is 22.7 Å². The molecule has 0 radical (unpaired) electrons. The number of nitrogens with one attached hydrogen (secondary N) is 2. The van der Waals surface area contributed by atoms with Gasteiger partial charge in [0.2, 0.25) is 5.91 Å². The van der Waals surface area contributed by atoms with Crippen LogP contribution in [-0.2, 0) is 4.79 Å². The Morgan fingerprint density at radius 1 is 0.971 bits per heavy atom. The van der Waals surface area contributed by atoms with Crippen molar-refractivity contribution >= 4 is 34.4 Å². The second-order valence-electron chi connectivity index (χ2n) is 7.48. The molecule has 0 unspecified atom stereocenters. The van der Waals surface area contributed by atoms with Crippen LogP contribution in [0.5, 0.6) is 0 Å². The summed E-state index contributed by atoms with van der Waals surface area (Å²) in [6, 6.07) is 24.8. The van der Waals surface area contributed by atoms with E-state index in [2.05, 4.69) is 15.3 Å². The lowest BCUT2D eigenvalue weighted by molar-refractivity contribution is -0.384. The van der Waals surface area contributed by atoms with E-state index in [-0.39, 0.29) is 11.6 Å². The van der Waals surface area contributed by atoms with E-state index in [0.717, 1.165) is 22.4 Å². The van der Waals surface area contributed by atoms with E-state index in [1.54, 1.807) is 42.5 Å². The molecule has 5 aromatic rings. The number of H-pyrrole nitrogens is 1. The first-order valence-electron chi connectivity index (χ1n) is 10.4. The maximum absolute atomic E-state index is 12.3. The molecule has 2 N–H and O–H groups in total. The van der Waals surface area contributed by atoms with Crippen molar-refractivity contribution in [2.45, 2.75) is 0 Å². The number of fused-ring (bicyclic) bond motifs is 1. The molecule has 5 rings (SSSR count). The molecule has 34 heavy (non-hydrogen) atoms. The number of anilines is 1. The molecule has 0 spiro atoms. The standard InChI is InChI=1S/C26H18N4O4/c31-25(16-14-19-13-15-24(34-19)20-5-1-4-8-23(20)30(32)33)27-18-11-9-17(10-12-18)26-28-21-6-2-3-7-22(21)29-26/h1-16H,(H,27,31)(H,28,29)/b16-14+. The molecule has 166 valence electrons. The Hall–Kier alpha value is -4.98. The predicted molar refractivity (Wildman–Crippen MR) is 130 cm³/mol. The number of aromatic amines is 1. The van der Waals surface area contributed by atoms with Gasteiger partial charge < -0.3 is 14.7 Å². The van der Waals surface area contributed by atoms with Gasteiger partial charge in [0, 0.05) is 23.4 Å². The van der Waals surface area contributed by atoms with E-state index < -0.39 is 4.92 Å². The number of hydrogen-bond acceptors (Lipinski definition) is 5. The summed E-state index contributed by atoms with van der Waals surface area (Å²) in [5.41, 5.74) is 3.72. The lowest BCUT2D eigenvalue weighted by Gasteiger charge is -2.03. The average molecular weight is 450 g/mol. The number of nitro benzene ring substituents is 1. The summed E-state index contributed by atoms with van der Waals surface area (Å²) in [7, 11) is 0. The molecule has 8 nitrogen and oxygen atoms in total. The van der Waals surface area contributed by atoms with Crippen LogP contribution in [0.3, 0.4) is 0 Å². The molecule has 2 heterocycles. The maximum atomic E-state index is 12.3. The minimum atomic E-state index is -0.458. The van der Waals surface area contributed by atoms with Crippen molar-refractivity contribution < 1.29 is 14.1 Å². The van der Waals surface area contributed by atoms with Crippen molar-refractivity contribution in [1.29, 1.82) is 0 Å². The summed E-state index contributed by atoms with van der Waals surface area (Å²) >= 11 is 0. The lowest BCUT2D eigenvalue weighted by atomic mass is 10.1. The van der Waals surface area contributed by atoms with E-state index in [1.165, 1.54) is 18.2 Å². The van der Waals surface area contributed by atoms with E-state index in [0.29, 0.717) is 22.8 Å². The van der Waals surface area contributed by atoms with Gasteiger partial charge in [-0.2, -0.15) is 0 Å². The summed E-state index contributed by atoms with van der Waals surface area (Å²) in [4.78, 5) is 30.9. The van der Waals surface area contributed by atoms with Crippen molar-refractivity contribution in [3.63, 3.8) is 0 Å². The van der Waals surface area contributed by atoms with Gasteiger partial charge in [-0.3, -0.25) is 14.9 Å². The molecule has 0 aliphatic rings. The number of hydrogen-bond donors (Lipinski definition) is 2. The van der Waals surface area contributed by atoms with Crippen LogP contribution < -0.4 is 5.32 Å². The smallest absolute Gasteiger partial charge is 0.280 e. The number of rotatable bonds is 6. The number of nitrogens with zero attached hydrogens (tertiary/aromatic N) is 2. The number of imidazole rings is 1. The van der Waals surface area contributed by atoms with Gasteiger partial charge >= 0.3 is 0 Å². The number of para-hydroxylation sites is 3. The van der Waals surface area contributed by atoms with Gasteiger partial charge in [0.25, 0.3) is 5.69 Å². The normalized spacial score (nSPS) is 11.2. The molecule has 8 heteroatoms. The van der Waals surface area contributed by atoms with E-state index >= 15 is 0 Å². The summed E-state index contributed by atoms with van der Waals surface area (Å²) in [5, 5.41) is 14.0. The summed E-state index contributed by atoms with van der Waals surface area (Å²) < 4.78 is 5.67. The van der Waals surface area contributed by atoms with Gasteiger partial charge in [-0.25, -0.2) is 4.98 Å². The Morgan fingerprint density at radius 3 is 2.53 bits per heavy atom. The Kier molecular flexibility index (Phi) is 5.45. The summed E-state index contributed by atoms with van der Waals surface area (Å²) in [6.45, 7) is 0. The van der Waals surface area contributed by atoms with Crippen molar-refractivity contribution in [3.05, 3.63) is 107 Å². The number of carbonyl (C=O) groups is 1. The first kappa shape index (κ1) is 20.9. The third-order valence-corrected chi connectivity index (χ3v) is 5.21. The molecular formula is C26H18N4O4. The number of nitro groups is 1. The number of benzene rings is 3. The fraction of sp³-hybridized carbons (Fsp3) is 0. The fourth-order valence-electron chi connectivity index (χ4n) is 3.57. The number of furan rings is 1. The van der Waals surface area contributed by atoms with Crippen LogP contribution in [0.1, 0.15) is 5.76 Å². The van der Waals surface area contributed by atoms with Crippen LogP contribution in [-0.4, -0.2) is 20.8 Å². The quantitative estimate of drug-likeness (QED) is 0.186. The van der Waals surface area contributed by atoms with Crippen LogP contribution in [0.2, 0.25) is 0 Å². The minimum Gasteiger partial charge on any atom is -0.456 e. The molecule has 1 amide bonds. The zero-order valence-electron chi connectivity index (χ0n) is 17.8. The molecule has 0 aliphatic carbocycles. The molecule has 0 bridgehead atoms. The van der Waals surface area contributed by atoms with Gasteiger partial charge in [0.1, 0.15) is 17.3 Å². The van der Waals surface area contributed by atoms with Crippen LogP contribution in [0.25, 0.3) is 39.8 Å². The topological polar surface area (TPSA) is 114 Å². The van der Waals surface area contributed by atoms with Crippen molar-refractivity contribution in [2.24, 2.45) is 0 Å². The van der Waals surface area contributed by atoms with Gasteiger partial charge in [0.15, 0.2) is 0 Å². The monoisotopic (exact) mass is 450 g/mol. The van der Waals surface area contributed by atoms with E-state index in [1.807, 2.05) is 36.4 Å². The Bertz CT molecular complexity index is 1500. The summed E-state index contributed by atoms with van der Waals surface area (Å²) in [6.07, 6.45) is 2.85. The third-order valence-electron chi connectivity index (χ3n) is 5.21. The number of amides is 1. The van der Waals surface area contributed by atoms with Crippen molar-refractivity contribution in [1.82, 2.24) is 9.97 Å². The van der Waals surface area contributed by atoms with Gasteiger partial charge in [0.05, 0.1) is 21.5 Å². The molecule has 0 atom stereocenters. The van der Waals surface area contributed by atoms with Crippen LogP contribution in [0.4, 0.5) is 11.4 Å².